The quantitative estimate of drug-likeness (QED) is 0.845. The third-order valence-corrected chi connectivity index (χ3v) is 6.13. The Hall–Kier alpha value is -1.92. The van der Waals surface area contributed by atoms with E-state index < -0.39 is 10.0 Å². The van der Waals surface area contributed by atoms with Crippen molar-refractivity contribution in [2.45, 2.75) is 50.5 Å². The van der Waals surface area contributed by atoms with Crippen LogP contribution in [0.5, 0.6) is 0 Å². The number of hydrogen-bond acceptors (Lipinski definition) is 3. The molecule has 0 spiro atoms. The highest BCUT2D eigenvalue weighted by Gasteiger charge is 2.22. The summed E-state index contributed by atoms with van der Waals surface area (Å²) in [6.07, 6.45) is 9.96. The molecular weight excluding hydrogens is 322 g/mol. The van der Waals surface area contributed by atoms with Gasteiger partial charge >= 0.3 is 0 Å². The van der Waals surface area contributed by atoms with E-state index in [-0.39, 0.29) is 6.04 Å². The van der Waals surface area contributed by atoms with Crippen molar-refractivity contribution in [1.82, 2.24) is 14.5 Å². The standard InChI is InChI=1S/C18H23N3O2S/c1-14-9-10-17(21-12-6-11-19-21)13-18(14)24(22,23)20-15(2)16-7-4-3-5-8-16/h6-7,9-13,15,20H,3-5,8H2,1-2H3/t15-/m0/s1. The number of allylic oxidation sites excluding steroid dienone is 1. The molecule has 1 heterocycles. The van der Waals surface area contributed by atoms with Crippen LogP contribution < -0.4 is 4.72 Å². The molecule has 0 aliphatic heterocycles. The molecule has 24 heavy (non-hydrogen) atoms. The molecule has 1 atom stereocenters. The first-order valence-electron chi connectivity index (χ1n) is 8.29. The average molecular weight is 345 g/mol. The van der Waals surface area contributed by atoms with E-state index in [2.05, 4.69) is 15.9 Å². The molecule has 3 rings (SSSR count). The van der Waals surface area contributed by atoms with E-state index in [1.807, 2.05) is 32.0 Å². The predicted molar refractivity (Wildman–Crippen MR) is 94.6 cm³/mol. The molecule has 0 unspecified atom stereocenters. The van der Waals surface area contributed by atoms with Crippen LogP contribution >= 0.6 is 0 Å². The summed E-state index contributed by atoms with van der Waals surface area (Å²) in [4.78, 5) is 0.304. The molecule has 1 aliphatic rings. The Kier molecular flexibility index (Phi) is 4.87. The summed E-state index contributed by atoms with van der Waals surface area (Å²) in [7, 11) is -3.59. The zero-order valence-corrected chi connectivity index (χ0v) is 14.9. The van der Waals surface area contributed by atoms with Gasteiger partial charge in [-0.1, -0.05) is 17.7 Å². The van der Waals surface area contributed by atoms with Crippen molar-refractivity contribution in [3.8, 4) is 5.69 Å². The number of nitrogens with one attached hydrogen (secondary N) is 1. The first-order chi connectivity index (χ1) is 11.5. The van der Waals surface area contributed by atoms with Gasteiger partial charge in [0.1, 0.15) is 0 Å². The van der Waals surface area contributed by atoms with Crippen LogP contribution in [0.1, 0.15) is 38.2 Å². The molecule has 128 valence electrons. The number of nitrogens with zero attached hydrogens (tertiary/aromatic N) is 2. The zero-order chi connectivity index (χ0) is 17.2. The molecule has 0 fully saturated rings. The van der Waals surface area contributed by atoms with Gasteiger partial charge in [0.05, 0.1) is 10.6 Å². The van der Waals surface area contributed by atoms with Gasteiger partial charge in [-0.3, -0.25) is 0 Å². The fraction of sp³-hybridized carbons (Fsp3) is 0.389. The normalized spacial score (nSPS) is 16.7. The van der Waals surface area contributed by atoms with Crippen LogP contribution in [0.2, 0.25) is 0 Å². The van der Waals surface area contributed by atoms with Crippen molar-refractivity contribution in [1.29, 1.82) is 0 Å². The van der Waals surface area contributed by atoms with Crippen molar-refractivity contribution in [3.05, 3.63) is 53.9 Å². The molecule has 0 radical (unpaired) electrons. The number of hydrogen-bond donors (Lipinski definition) is 1. The van der Waals surface area contributed by atoms with Gasteiger partial charge < -0.3 is 0 Å². The maximum Gasteiger partial charge on any atom is 0.241 e. The highest BCUT2D eigenvalue weighted by atomic mass is 32.2. The molecular formula is C18H23N3O2S. The first kappa shape index (κ1) is 16.9. The van der Waals surface area contributed by atoms with Crippen LogP contribution in [0.3, 0.4) is 0 Å². The first-order valence-corrected chi connectivity index (χ1v) is 9.77. The van der Waals surface area contributed by atoms with E-state index in [0.717, 1.165) is 30.5 Å². The largest absolute Gasteiger partial charge is 0.241 e. The van der Waals surface area contributed by atoms with Gasteiger partial charge in [-0.25, -0.2) is 17.8 Å². The second-order valence-corrected chi connectivity index (χ2v) is 7.95. The summed E-state index contributed by atoms with van der Waals surface area (Å²) in [6.45, 7) is 3.73. The van der Waals surface area contributed by atoms with Crippen LogP contribution in [0, 0.1) is 6.92 Å². The van der Waals surface area contributed by atoms with Gasteiger partial charge in [0, 0.05) is 18.4 Å². The molecule has 5 nitrogen and oxygen atoms in total. The van der Waals surface area contributed by atoms with Crippen molar-refractivity contribution in [2.24, 2.45) is 0 Å². The monoisotopic (exact) mass is 345 g/mol. The van der Waals surface area contributed by atoms with Crippen LogP contribution in [-0.2, 0) is 10.0 Å². The number of aromatic nitrogens is 2. The number of sulfonamides is 1. The van der Waals surface area contributed by atoms with Gasteiger partial charge in [0.15, 0.2) is 0 Å². The molecule has 0 saturated heterocycles. The fourth-order valence-corrected chi connectivity index (χ4v) is 4.58. The lowest BCUT2D eigenvalue weighted by Crippen LogP contribution is -2.34. The fourth-order valence-electron chi connectivity index (χ4n) is 3.07. The second kappa shape index (κ2) is 6.91. The van der Waals surface area contributed by atoms with E-state index >= 15 is 0 Å². The van der Waals surface area contributed by atoms with E-state index in [1.165, 1.54) is 12.0 Å². The van der Waals surface area contributed by atoms with Crippen LogP contribution in [0.15, 0.2) is 53.2 Å². The maximum absolute atomic E-state index is 12.9. The minimum Gasteiger partial charge on any atom is -0.241 e. The smallest absolute Gasteiger partial charge is 0.241 e. The number of benzene rings is 1. The third kappa shape index (κ3) is 3.60. The summed E-state index contributed by atoms with van der Waals surface area (Å²) < 4.78 is 30.2. The molecule has 0 saturated carbocycles. The summed E-state index contributed by atoms with van der Waals surface area (Å²) in [5, 5.41) is 4.17. The number of rotatable bonds is 5. The molecule has 0 bridgehead atoms. The van der Waals surface area contributed by atoms with Gasteiger partial charge in [0.25, 0.3) is 0 Å². The minimum atomic E-state index is -3.59. The molecule has 1 aliphatic carbocycles. The van der Waals surface area contributed by atoms with Gasteiger partial charge in [-0.2, -0.15) is 5.10 Å². The van der Waals surface area contributed by atoms with Crippen LogP contribution in [-0.4, -0.2) is 24.2 Å². The highest BCUT2D eigenvalue weighted by Crippen LogP contribution is 2.23. The Bertz CT molecular complexity index is 839. The Balaban J connectivity index is 1.89. The molecule has 1 N–H and O–H groups in total. The van der Waals surface area contributed by atoms with Gasteiger partial charge in [-0.05, 0) is 63.3 Å². The molecule has 1 aromatic heterocycles. The Morgan fingerprint density at radius 2 is 2.12 bits per heavy atom. The topological polar surface area (TPSA) is 64.0 Å². The van der Waals surface area contributed by atoms with Crippen molar-refractivity contribution in [3.63, 3.8) is 0 Å². The zero-order valence-electron chi connectivity index (χ0n) is 14.1. The SMILES string of the molecule is Cc1ccc(-n2cccn2)cc1S(=O)(=O)N[C@@H](C)C1=CCCCC1. The third-order valence-electron chi connectivity index (χ3n) is 4.44. The van der Waals surface area contributed by atoms with E-state index in [0.29, 0.717) is 4.90 Å². The second-order valence-electron chi connectivity index (χ2n) is 6.27. The Labute approximate surface area is 143 Å². The Morgan fingerprint density at radius 3 is 2.79 bits per heavy atom. The van der Waals surface area contributed by atoms with E-state index in [9.17, 15) is 8.42 Å². The molecule has 0 amide bonds. The summed E-state index contributed by atoms with van der Waals surface area (Å²) in [6, 6.07) is 6.99. The Morgan fingerprint density at radius 1 is 1.29 bits per heavy atom. The minimum absolute atomic E-state index is 0.178. The molecule has 2 aromatic rings. The predicted octanol–water partition coefficient (Wildman–Crippen LogP) is 3.35. The number of aryl methyl sites for hydroxylation is 1. The molecule has 6 heteroatoms. The lowest BCUT2D eigenvalue weighted by molar-refractivity contribution is 0.562. The van der Waals surface area contributed by atoms with Crippen molar-refractivity contribution >= 4 is 10.0 Å². The lowest BCUT2D eigenvalue weighted by Gasteiger charge is -2.21. The highest BCUT2D eigenvalue weighted by molar-refractivity contribution is 7.89. The average Bonchev–Trinajstić information content (AvgIpc) is 3.10. The summed E-state index contributed by atoms with van der Waals surface area (Å²) >= 11 is 0. The van der Waals surface area contributed by atoms with Crippen LogP contribution in [0.25, 0.3) is 5.69 Å². The van der Waals surface area contributed by atoms with Crippen molar-refractivity contribution in [2.75, 3.05) is 0 Å². The van der Waals surface area contributed by atoms with Gasteiger partial charge in [-0.15, -0.1) is 0 Å². The van der Waals surface area contributed by atoms with Gasteiger partial charge in [0.2, 0.25) is 10.0 Å². The molecule has 1 aromatic carbocycles. The summed E-state index contributed by atoms with van der Waals surface area (Å²) in [5.41, 5.74) is 2.64. The van der Waals surface area contributed by atoms with Crippen molar-refractivity contribution < 1.29 is 8.42 Å². The van der Waals surface area contributed by atoms with E-state index in [1.54, 1.807) is 23.1 Å². The van der Waals surface area contributed by atoms with Crippen LogP contribution in [0.4, 0.5) is 0 Å². The summed E-state index contributed by atoms with van der Waals surface area (Å²) in [5.74, 6) is 0. The lowest BCUT2D eigenvalue weighted by atomic mass is 9.95. The van der Waals surface area contributed by atoms with E-state index in [4.69, 9.17) is 0 Å². The maximum atomic E-state index is 12.9.